The summed E-state index contributed by atoms with van der Waals surface area (Å²) in [7, 11) is 2.15. The number of nitrogens with zero attached hydrogens (tertiary/aromatic N) is 2. The molecule has 0 aliphatic carbocycles. The predicted molar refractivity (Wildman–Crippen MR) is 78.0 cm³/mol. The van der Waals surface area contributed by atoms with Gasteiger partial charge in [0, 0.05) is 43.6 Å². The fraction of sp³-hybridized carbons (Fsp3) is 0.400. The fourth-order valence-corrected chi connectivity index (χ4v) is 2.65. The maximum absolute atomic E-state index is 11.0. The minimum atomic E-state index is -0.915. The molecule has 3 rings (SSSR count). The molecule has 0 atom stereocenters. The van der Waals surface area contributed by atoms with E-state index in [1.165, 1.54) is 5.56 Å². The lowest BCUT2D eigenvalue weighted by atomic mass is 10.1. The molecule has 1 saturated heterocycles. The van der Waals surface area contributed by atoms with Gasteiger partial charge in [-0.25, -0.2) is 4.79 Å². The molecule has 20 heavy (non-hydrogen) atoms. The van der Waals surface area contributed by atoms with Crippen molar-refractivity contribution in [2.45, 2.75) is 6.54 Å². The van der Waals surface area contributed by atoms with Crippen LogP contribution >= 0.6 is 0 Å². The number of benzene rings is 1. The van der Waals surface area contributed by atoms with Gasteiger partial charge in [0.25, 0.3) is 0 Å². The van der Waals surface area contributed by atoms with Gasteiger partial charge in [0.2, 0.25) is 0 Å². The molecule has 0 saturated carbocycles. The van der Waals surface area contributed by atoms with Crippen LogP contribution in [0.5, 0.6) is 0 Å². The topological polar surface area (TPSA) is 59.6 Å². The molecule has 0 amide bonds. The van der Waals surface area contributed by atoms with Crippen LogP contribution in [0.15, 0.2) is 24.3 Å². The van der Waals surface area contributed by atoms with Gasteiger partial charge in [0.15, 0.2) is 0 Å². The molecule has 1 aromatic heterocycles. The molecule has 2 N–H and O–H groups in total. The van der Waals surface area contributed by atoms with E-state index in [0.29, 0.717) is 0 Å². The number of hydrogen-bond donors (Lipinski definition) is 2. The summed E-state index contributed by atoms with van der Waals surface area (Å²) in [6.07, 6.45) is 0. The fourth-order valence-electron chi connectivity index (χ4n) is 2.65. The molecular weight excluding hydrogens is 254 g/mol. The van der Waals surface area contributed by atoms with Crippen molar-refractivity contribution in [2.24, 2.45) is 0 Å². The van der Waals surface area contributed by atoms with Crippen molar-refractivity contribution in [1.82, 2.24) is 14.8 Å². The van der Waals surface area contributed by atoms with Gasteiger partial charge >= 0.3 is 5.97 Å². The molecular formula is C15H19N3O2. The van der Waals surface area contributed by atoms with Crippen LogP contribution < -0.4 is 0 Å². The number of nitrogens with one attached hydrogen (secondary N) is 1. The predicted octanol–water partition coefficient (Wildman–Crippen LogP) is 1.61. The van der Waals surface area contributed by atoms with Gasteiger partial charge in [-0.05, 0) is 24.7 Å². The molecule has 0 bridgehead atoms. The van der Waals surface area contributed by atoms with Crippen molar-refractivity contribution in [3.05, 3.63) is 35.5 Å². The smallest absolute Gasteiger partial charge is 0.352 e. The van der Waals surface area contributed by atoms with Gasteiger partial charge in [-0.15, -0.1) is 0 Å². The number of rotatable bonds is 3. The van der Waals surface area contributed by atoms with Crippen LogP contribution in [0.2, 0.25) is 0 Å². The largest absolute Gasteiger partial charge is 0.477 e. The number of carbonyl (C=O) groups is 1. The SMILES string of the molecule is CN1CCN(Cc2ccc3cc(C(=O)O)[nH]c3c2)CC1. The average molecular weight is 273 g/mol. The molecule has 2 aromatic rings. The molecule has 1 aromatic carbocycles. The van der Waals surface area contributed by atoms with E-state index in [1.54, 1.807) is 6.07 Å². The second-order valence-electron chi connectivity index (χ2n) is 5.49. The van der Waals surface area contributed by atoms with Crippen LogP contribution in [0.1, 0.15) is 16.1 Å². The van der Waals surface area contributed by atoms with E-state index >= 15 is 0 Å². The summed E-state index contributed by atoms with van der Waals surface area (Å²) >= 11 is 0. The van der Waals surface area contributed by atoms with Gasteiger partial charge in [-0.1, -0.05) is 12.1 Å². The van der Waals surface area contributed by atoms with Gasteiger partial charge in [0.05, 0.1) is 0 Å². The molecule has 5 nitrogen and oxygen atoms in total. The number of piperazine rings is 1. The van der Waals surface area contributed by atoms with Crippen molar-refractivity contribution < 1.29 is 9.90 Å². The lowest BCUT2D eigenvalue weighted by Gasteiger charge is -2.32. The lowest BCUT2D eigenvalue weighted by molar-refractivity contribution is 0.0691. The van der Waals surface area contributed by atoms with E-state index in [4.69, 9.17) is 5.11 Å². The third-order valence-electron chi connectivity index (χ3n) is 3.92. The monoisotopic (exact) mass is 273 g/mol. The Labute approximate surface area is 117 Å². The van der Waals surface area contributed by atoms with Gasteiger partial charge in [-0.3, -0.25) is 4.90 Å². The van der Waals surface area contributed by atoms with Crippen molar-refractivity contribution in [2.75, 3.05) is 33.2 Å². The summed E-state index contributed by atoms with van der Waals surface area (Å²) in [6, 6.07) is 7.81. The number of aromatic nitrogens is 1. The summed E-state index contributed by atoms with van der Waals surface area (Å²) in [5, 5.41) is 9.95. The lowest BCUT2D eigenvalue weighted by Crippen LogP contribution is -2.43. The number of carboxylic acids is 1. The van der Waals surface area contributed by atoms with E-state index in [-0.39, 0.29) is 5.69 Å². The molecule has 0 unspecified atom stereocenters. The Bertz CT molecular complexity index is 627. The molecule has 0 spiro atoms. The van der Waals surface area contributed by atoms with Crippen LogP contribution in [0.3, 0.4) is 0 Å². The van der Waals surface area contributed by atoms with E-state index in [9.17, 15) is 4.79 Å². The number of aromatic amines is 1. The first kappa shape index (κ1) is 13.1. The third-order valence-corrected chi connectivity index (χ3v) is 3.92. The summed E-state index contributed by atoms with van der Waals surface area (Å²) < 4.78 is 0. The summed E-state index contributed by atoms with van der Waals surface area (Å²) in [4.78, 5) is 18.7. The highest BCUT2D eigenvalue weighted by Crippen LogP contribution is 2.18. The van der Waals surface area contributed by atoms with E-state index < -0.39 is 5.97 Å². The molecule has 1 fully saturated rings. The Hall–Kier alpha value is -1.85. The number of H-pyrrole nitrogens is 1. The second-order valence-corrected chi connectivity index (χ2v) is 5.49. The maximum Gasteiger partial charge on any atom is 0.352 e. The minimum absolute atomic E-state index is 0.247. The zero-order valence-corrected chi connectivity index (χ0v) is 11.6. The molecule has 106 valence electrons. The standard InChI is InChI=1S/C15H19N3O2/c1-17-4-6-18(7-5-17)10-11-2-3-12-9-14(15(19)20)16-13(12)8-11/h2-3,8-9,16H,4-7,10H2,1H3,(H,19,20). The Morgan fingerprint density at radius 2 is 2.00 bits per heavy atom. The second kappa shape index (κ2) is 5.26. The third kappa shape index (κ3) is 2.69. The molecule has 1 aliphatic heterocycles. The first-order valence-electron chi connectivity index (χ1n) is 6.88. The van der Waals surface area contributed by atoms with Crippen LogP contribution in [0.4, 0.5) is 0 Å². The van der Waals surface area contributed by atoms with E-state index in [1.807, 2.05) is 6.07 Å². The highest BCUT2D eigenvalue weighted by Gasteiger charge is 2.14. The van der Waals surface area contributed by atoms with Crippen LogP contribution in [0.25, 0.3) is 10.9 Å². The summed E-state index contributed by atoms with van der Waals surface area (Å²) in [5.41, 5.74) is 2.37. The van der Waals surface area contributed by atoms with E-state index in [0.717, 1.165) is 43.6 Å². The Kier molecular flexibility index (Phi) is 3.46. The first-order valence-corrected chi connectivity index (χ1v) is 6.88. The molecule has 2 heterocycles. The Morgan fingerprint density at radius 3 is 2.70 bits per heavy atom. The number of hydrogen-bond acceptors (Lipinski definition) is 3. The average Bonchev–Trinajstić information content (AvgIpc) is 2.85. The summed E-state index contributed by atoms with van der Waals surface area (Å²) in [6.45, 7) is 5.30. The first-order chi connectivity index (χ1) is 9.61. The molecule has 1 aliphatic rings. The maximum atomic E-state index is 11.0. The van der Waals surface area contributed by atoms with Crippen molar-refractivity contribution >= 4 is 16.9 Å². The summed E-state index contributed by atoms with van der Waals surface area (Å²) in [5.74, 6) is -0.915. The van der Waals surface area contributed by atoms with Gasteiger partial charge in [0.1, 0.15) is 5.69 Å². The minimum Gasteiger partial charge on any atom is -0.477 e. The Morgan fingerprint density at radius 1 is 1.25 bits per heavy atom. The van der Waals surface area contributed by atoms with Crippen LogP contribution in [-0.4, -0.2) is 59.1 Å². The van der Waals surface area contributed by atoms with Crippen LogP contribution in [0, 0.1) is 0 Å². The van der Waals surface area contributed by atoms with Crippen molar-refractivity contribution in [3.8, 4) is 0 Å². The number of carboxylic acid groups (broad SMARTS) is 1. The highest BCUT2D eigenvalue weighted by atomic mass is 16.4. The molecule has 0 radical (unpaired) electrons. The zero-order valence-electron chi connectivity index (χ0n) is 11.6. The number of aromatic carboxylic acids is 1. The van der Waals surface area contributed by atoms with Crippen molar-refractivity contribution in [1.29, 1.82) is 0 Å². The highest BCUT2D eigenvalue weighted by molar-refractivity contribution is 5.93. The van der Waals surface area contributed by atoms with Gasteiger partial charge < -0.3 is 15.0 Å². The van der Waals surface area contributed by atoms with Crippen LogP contribution in [-0.2, 0) is 6.54 Å². The number of likely N-dealkylation sites (N-methyl/N-ethyl adjacent to an activating group) is 1. The quantitative estimate of drug-likeness (QED) is 0.892. The Balaban J connectivity index is 1.77. The van der Waals surface area contributed by atoms with Gasteiger partial charge in [-0.2, -0.15) is 0 Å². The molecule has 5 heteroatoms. The normalized spacial score (nSPS) is 17.6. The zero-order chi connectivity index (χ0) is 14.1. The van der Waals surface area contributed by atoms with Crippen molar-refractivity contribution in [3.63, 3.8) is 0 Å². The number of fused-ring (bicyclic) bond motifs is 1. The van der Waals surface area contributed by atoms with E-state index in [2.05, 4.69) is 34.0 Å².